The molecule has 4 nitrogen and oxygen atoms in total. The molecule has 0 aromatic heterocycles. The zero-order valence-corrected chi connectivity index (χ0v) is 64.5. The lowest BCUT2D eigenvalue weighted by Gasteiger charge is -2.22. The smallest absolute Gasteiger partial charge is 0.311 e. The molecule has 0 aromatic carbocycles. The van der Waals surface area contributed by atoms with E-state index in [0.717, 1.165) is 49.9 Å². The molecule has 0 amide bonds. The van der Waals surface area contributed by atoms with Crippen LogP contribution in [0.3, 0.4) is 0 Å². The van der Waals surface area contributed by atoms with Crippen molar-refractivity contribution in [3.63, 3.8) is 0 Å². The van der Waals surface area contributed by atoms with Crippen molar-refractivity contribution in [2.24, 2.45) is 29.6 Å². The molecule has 0 bridgehead atoms. The molecule has 0 heterocycles. The van der Waals surface area contributed by atoms with Gasteiger partial charge in [-0.1, -0.05) is 471 Å². The van der Waals surface area contributed by atoms with E-state index in [1.807, 2.05) is 7.11 Å². The molecule has 1 saturated carbocycles. The van der Waals surface area contributed by atoms with E-state index in [4.69, 9.17) is 9.47 Å². The van der Waals surface area contributed by atoms with Gasteiger partial charge in [-0.15, -0.1) is 0 Å². The van der Waals surface area contributed by atoms with Gasteiger partial charge >= 0.3 is 5.97 Å². The number of esters is 1. The molecular formula is C88H174O4. The molecule has 7 atom stereocenters. The molecule has 0 aliphatic heterocycles. The lowest BCUT2D eigenvalue weighted by atomic mass is 9.91. The minimum atomic E-state index is -0.554. The van der Waals surface area contributed by atoms with Crippen molar-refractivity contribution in [1.82, 2.24) is 0 Å². The first-order valence-electron chi connectivity index (χ1n) is 43.7. The Balaban J connectivity index is 1.81. The van der Waals surface area contributed by atoms with Crippen LogP contribution in [0.2, 0.25) is 0 Å². The minimum absolute atomic E-state index is 0.210. The third-order valence-electron chi connectivity index (χ3n) is 23.0. The summed E-state index contributed by atoms with van der Waals surface area (Å²) in [4.78, 5) is 12.6. The number of hydrogen-bond acceptors (Lipinski definition) is 4. The summed E-state index contributed by atoms with van der Waals surface area (Å²) in [6, 6.07) is 0. The average Bonchev–Trinajstić information content (AvgIpc) is 1.79. The van der Waals surface area contributed by atoms with E-state index in [9.17, 15) is 9.90 Å². The minimum Gasteiger partial charge on any atom is -0.469 e. The predicted molar refractivity (Wildman–Crippen MR) is 411 cm³/mol. The Hall–Kier alpha value is -0.610. The van der Waals surface area contributed by atoms with Crippen molar-refractivity contribution in [3.05, 3.63) is 0 Å². The van der Waals surface area contributed by atoms with Gasteiger partial charge in [-0.05, 0) is 55.8 Å². The lowest BCUT2D eigenvalue weighted by molar-refractivity contribution is -0.150. The molecule has 0 spiro atoms. The Kier molecular flexibility index (Phi) is 71.1. The lowest BCUT2D eigenvalue weighted by Crippen LogP contribution is -2.29. The molecule has 1 unspecified atom stereocenters. The summed E-state index contributed by atoms with van der Waals surface area (Å²) in [5.74, 6) is 3.25. The summed E-state index contributed by atoms with van der Waals surface area (Å²) in [6.07, 6.45) is 103. The normalized spacial score (nSPS) is 15.7. The van der Waals surface area contributed by atoms with Crippen LogP contribution in [-0.4, -0.2) is 37.5 Å². The van der Waals surface area contributed by atoms with E-state index in [0.29, 0.717) is 12.0 Å². The number of rotatable bonds is 80. The van der Waals surface area contributed by atoms with Crippen LogP contribution in [-0.2, 0) is 14.3 Å². The van der Waals surface area contributed by atoms with E-state index in [1.165, 1.54) is 444 Å². The summed E-state index contributed by atoms with van der Waals surface area (Å²) in [5.41, 5.74) is 0. The Labute approximate surface area is 581 Å². The highest BCUT2D eigenvalue weighted by molar-refractivity contribution is 5.72. The van der Waals surface area contributed by atoms with Crippen molar-refractivity contribution in [1.29, 1.82) is 0 Å². The first kappa shape index (κ1) is 89.4. The highest BCUT2D eigenvalue weighted by Crippen LogP contribution is 2.49. The van der Waals surface area contributed by atoms with E-state index >= 15 is 0 Å². The van der Waals surface area contributed by atoms with Crippen molar-refractivity contribution < 1.29 is 19.4 Å². The van der Waals surface area contributed by atoms with Crippen molar-refractivity contribution in [2.75, 3.05) is 14.2 Å². The monoisotopic (exact) mass is 1300 g/mol. The first-order chi connectivity index (χ1) is 45.4. The number of carbonyl (C=O) groups is 1. The standard InChI is InChI=1S/C88H174O4/c1-7-9-11-13-15-17-19-21-23-25-26-27-28-29-30-35-41-47-53-59-65-71-77-84(88(90)92-6)86(89)78-72-66-60-54-48-42-36-32-31-34-40-46-52-58-64-70-76-83-80-85(83)81(3)74-68-62-56-50-44-39-37-43-49-55-61-67-73-79-87(91-5)82(4)75-69-63-57-51-45-38-33-24-22-20-18-16-14-12-10-8-2/h81-87,89H,7-80H2,1-6H3/t81-,82-,83-,84?,85+,86+,87-/m0/s1. The quantitative estimate of drug-likeness (QED) is 0.0487. The maximum atomic E-state index is 12.6. The number of methoxy groups -OCH3 is 2. The molecule has 1 N–H and O–H groups in total. The largest absolute Gasteiger partial charge is 0.469 e. The van der Waals surface area contributed by atoms with Crippen LogP contribution in [0, 0.1) is 29.6 Å². The Morgan fingerprint density at radius 1 is 0.315 bits per heavy atom. The van der Waals surface area contributed by atoms with Gasteiger partial charge in [0.2, 0.25) is 0 Å². The van der Waals surface area contributed by atoms with Crippen LogP contribution in [0.15, 0.2) is 0 Å². The number of carbonyl (C=O) groups excluding carboxylic acids is 1. The molecule has 0 saturated heterocycles. The summed E-state index contributed by atoms with van der Waals surface area (Å²) in [6.45, 7) is 9.64. The summed E-state index contributed by atoms with van der Waals surface area (Å²) in [7, 11) is 3.44. The Morgan fingerprint density at radius 3 is 0.837 bits per heavy atom. The molecule has 92 heavy (non-hydrogen) atoms. The molecule has 4 heteroatoms. The van der Waals surface area contributed by atoms with Gasteiger partial charge in [-0.3, -0.25) is 4.79 Å². The molecule has 1 fully saturated rings. The molecular weight excluding hydrogens is 1120 g/mol. The molecule has 550 valence electrons. The van der Waals surface area contributed by atoms with Crippen molar-refractivity contribution in [3.8, 4) is 0 Å². The topological polar surface area (TPSA) is 55.8 Å². The van der Waals surface area contributed by atoms with E-state index in [-0.39, 0.29) is 11.9 Å². The third-order valence-corrected chi connectivity index (χ3v) is 23.0. The maximum Gasteiger partial charge on any atom is 0.311 e. The fourth-order valence-corrected chi connectivity index (χ4v) is 16.1. The van der Waals surface area contributed by atoms with Crippen LogP contribution in [0.1, 0.15) is 503 Å². The number of aliphatic hydroxyl groups is 1. The van der Waals surface area contributed by atoms with Gasteiger partial charge in [0.05, 0.1) is 25.2 Å². The molecule has 0 radical (unpaired) electrons. The number of aliphatic hydroxyl groups excluding tert-OH is 1. The van der Waals surface area contributed by atoms with Crippen LogP contribution < -0.4 is 0 Å². The van der Waals surface area contributed by atoms with Gasteiger partial charge in [0.15, 0.2) is 0 Å². The van der Waals surface area contributed by atoms with Crippen LogP contribution in [0.5, 0.6) is 0 Å². The molecule has 1 rings (SSSR count). The highest BCUT2D eigenvalue weighted by Gasteiger charge is 2.39. The molecule has 0 aromatic rings. The van der Waals surface area contributed by atoms with Crippen LogP contribution in [0.25, 0.3) is 0 Å². The second kappa shape index (κ2) is 73.1. The van der Waals surface area contributed by atoms with E-state index in [2.05, 4.69) is 27.7 Å². The second-order valence-electron chi connectivity index (χ2n) is 31.8. The van der Waals surface area contributed by atoms with Gasteiger partial charge in [0, 0.05) is 7.11 Å². The summed E-state index contributed by atoms with van der Waals surface area (Å²) < 4.78 is 11.1. The van der Waals surface area contributed by atoms with Gasteiger partial charge in [-0.25, -0.2) is 0 Å². The van der Waals surface area contributed by atoms with Crippen LogP contribution in [0.4, 0.5) is 0 Å². The molecule has 1 aliphatic rings. The zero-order chi connectivity index (χ0) is 66.4. The van der Waals surface area contributed by atoms with Gasteiger partial charge in [-0.2, -0.15) is 0 Å². The van der Waals surface area contributed by atoms with Gasteiger partial charge in [0.25, 0.3) is 0 Å². The average molecular weight is 1300 g/mol. The SMILES string of the molecule is CCCCCCCCCCCCCCCCCCCCCCCCC(C(=O)OC)[C@H](O)CCCCCCCCCCCCCCCCCC[C@H]1C[C@@H]1[C@@H](C)CCCCCCCCCCCCCCC[C@H](OC)[C@@H](C)CCCCCCCCCCCCCCCCCC. The Bertz CT molecular complexity index is 1400. The third kappa shape index (κ3) is 61.7. The van der Waals surface area contributed by atoms with Crippen LogP contribution >= 0.6 is 0 Å². The maximum absolute atomic E-state index is 12.6. The van der Waals surface area contributed by atoms with E-state index in [1.54, 1.807) is 6.42 Å². The second-order valence-corrected chi connectivity index (χ2v) is 31.8. The zero-order valence-electron chi connectivity index (χ0n) is 64.5. The number of unbranched alkanes of at least 4 members (excludes halogenated alkanes) is 63. The number of hydrogen-bond donors (Lipinski definition) is 1. The molecule has 1 aliphatic carbocycles. The fourth-order valence-electron chi connectivity index (χ4n) is 16.1. The Morgan fingerprint density at radius 2 is 0.554 bits per heavy atom. The van der Waals surface area contributed by atoms with Gasteiger partial charge < -0.3 is 14.6 Å². The highest BCUT2D eigenvalue weighted by atomic mass is 16.5. The predicted octanol–water partition coefficient (Wildman–Crippen LogP) is 30.6. The van der Waals surface area contributed by atoms with Gasteiger partial charge in [0.1, 0.15) is 0 Å². The van der Waals surface area contributed by atoms with Crippen molar-refractivity contribution >= 4 is 5.97 Å². The fraction of sp³-hybridized carbons (Fsp3) is 0.989. The van der Waals surface area contributed by atoms with E-state index < -0.39 is 6.10 Å². The number of ether oxygens (including phenoxy) is 2. The first-order valence-corrected chi connectivity index (χ1v) is 43.7. The van der Waals surface area contributed by atoms with Crippen molar-refractivity contribution in [2.45, 2.75) is 515 Å². The summed E-state index contributed by atoms with van der Waals surface area (Å²) in [5, 5.41) is 11.0. The summed E-state index contributed by atoms with van der Waals surface area (Å²) >= 11 is 0.